The summed E-state index contributed by atoms with van der Waals surface area (Å²) in [5.41, 5.74) is 2.04. The molecule has 3 aromatic rings. The van der Waals surface area contributed by atoms with E-state index in [2.05, 4.69) is 5.32 Å². The van der Waals surface area contributed by atoms with Crippen LogP contribution in [-0.4, -0.2) is 44.3 Å². The summed E-state index contributed by atoms with van der Waals surface area (Å²) >= 11 is 12.3. The molecule has 41 heavy (non-hydrogen) atoms. The van der Waals surface area contributed by atoms with Crippen molar-refractivity contribution in [2.45, 2.75) is 63.9 Å². The van der Waals surface area contributed by atoms with E-state index in [1.54, 1.807) is 55.5 Å². The highest BCUT2D eigenvalue weighted by Crippen LogP contribution is 2.27. The smallest absolute Gasteiger partial charge is 0.264 e. The van der Waals surface area contributed by atoms with Crippen LogP contribution in [0.3, 0.4) is 0 Å². The van der Waals surface area contributed by atoms with E-state index in [1.807, 2.05) is 32.9 Å². The van der Waals surface area contributed by atoms with Gasteiger partial charge in [0.15, 0.2) is 0 Å². The van der Waals surface area contributed by atoms with E-state index in [1.165, 1.54) is 17.0 Å². The minimum Gasteiger partial charge on any atom is -0.354 e. The predicted molar refractivity (Wildman–Crippen MR) is 166 cm³/mol. The van der Waals surface area contributed by atoms with E-state index in [4.69, 9.17) is 23.2 Å². The maximum Gasteiger partial charge on any atom is 0.264 e. The van der Waals surface area contributed by atoms with Gasteiger partial charge >= 0.3 is 0 Å². The summed E-state index contributed by atoms with van der Waals surface area (Å²) in [6.07, 6.45) is 1.71. The van der Waals surface area contributed by atoms with E-state index in [-0.39, 0.29) is 23.3 Å². The number of hydrogen-bond donors (Lipinski definition) is 1. The molecule has 0 saturated carbocycles. The van der Waals surface area contributed by atoms with Crippen molar-refractivity contribution in [1.29, 1.82) is 0 Å². The molecule has 2 amide bonds. The Hall–Kier alpha value is -3.07. The van der Waals surface area contributed by atoms with Crippen molar-refractivity contribution < 1.29 is 18.0 Å². The summed E-state index contributed by atoms with van der Waals surface area (Å²) in [6, 6.07) is 19.2. The molecule has 0 aromatic heterocycles. The number of hydrogen-bond acceptors (Lipinski definition) is 4. The van der Waals surface area contributed by atoms with Crippen LogP contribution >= 0.6 is 23.2 Å². The minimum absolute atomic E-state index is 0.0313. The Morgan fingerprint density at radius 2 is 1.56 bits per heavy atom. The van der Waals surface area contributed by atoms with Gasteiger partial charge in [0.05, 0.1) is 20.6 Å². The third-order valence-corrected chi connectivity index (χ3v) is 9.32. The SMILES string of the molecule is CCCCNC(=O)[C@H](C)N(Cc1ccc(Cl)c(Cl)c1)C(=O)CN(c1ccc(C(C)C)cc1)S(=O)(=O)c1ccccc1. The molecule has 0 unspecified atom stereocenters. The lowest BCUT2D eigenvalue weighted by atomic mass is 10.0. The zero-order valence-electron chi connectivity index (χ0n) is 23.8. The van der Waals surface area contributed by atoms with Crippen LogP contribution < -0.4 is 9.62 Å². The monoisotopic (exact) mass is 617 g/mol. The first kappa shape index (κ1) is 32.4. The fraction of sp³-hybridized carbons (Fsp3) is 0.355. The van der Waals surface area contributed by atoms with Gasteiger partial charge in [-0.15, -0.1) is 0 Å². The number of benzene rings is 3. The van der Waals surface area contributed by atoms with Crippen molar-refractivity contribution in [2.24, 2.45) is 0 Å². The Bertz CT molecular complexity index is 1430. The standard InChI is InChI=1S/C31H37Cl2N3O4S/c1-5-6-18-34-31(38)23(4)35(20-24-12-17-28(32)29(33)19-24)30(37)21-36(26-15-13-25(14-16-26)22(2)3)41(39,40)27-10-8-7-9-11-27/h7-17,19,22-23H,5-6,18,20-21H2,1-4H3,(H,34,38)/t23-/m0/s1. The molecule has 1 N–H and O–H groups in total. The first-order valence-corrected chi connectivity index (χ1v) is 15.8. The number of anilines is 1. The summed E-state index contributed by atoms with van der Waals surface area (Å²) in [4.78, 5) is 28.5. The average Bonchev–Trinajstić information content (AvgIpc) is 2.96. The topological polar surface area (TPSA) is 86.8 Å². The zero-order valence-corrected chi connectivity index (χ0v) is 26.1. The van der Waals surface area contributed by atoms with Crippen LogP contribution in [0.5, 0.6) is 0 Å². The van der Waals surface area contributed by atoms with E-state index in [0.717, 1.165) is 22.7 Å². The minimum atomic E-state index is -4.12. The molecule has 0 saturated heterocycles. The average molecular weight is 619 g/mol. The number of nitrogens with one attached hydrogen (secondary N) is 1. The van der Waals surface area contributed by atoms with Crippen molar-refractivity contribution in [1.82, 2.24) is 10.2 Å². The molecular formula is C31H37Cl2N3O4S. The maximum absolute atomic E-state index is 14.0. The Morgan fingerprint density at radius 3 is 2.15 bits per heavy atom. The van der Waals surface area contributed by atoms with E-state index >= 15 is 0 Å². The molecule has 220 valence electrons. The molecule has 3 aromatic carbocycles. The summed E-state index contributed by atoms with van der Waals surface area (Å²) < 4.78 is 28.8. The second-order valence-corrected chi connectivity index (χ2v) is 12.8. The third kappa shape index (κ3) is 8.47. The van der Waals surface area contributed by atoms with Gasteiger partial charge in [0.2, 0.25) is 11.8 Å². The van der Waals surface area contributed by atoms with Gasteiger partial charge in [-0.25, -0.2) is 8.42 Å². The first-order chi connectivity index (χ1) is 19.4. The first-order valence-electron chi connectivity index (χ1n) is 13.6. The number of carbonyl (C=O) groups is 2. The van der Waals surface area contributed by atoms with Crippen LogP contribution in [0.25, 0.3) is 0 Å². The van der Waals surface area contributed by atoms with Gasteiger partial charge in [0.25, 0.3) is 10.0 Å². The molecule has 0 radical (unpaired) electrons. The van der Waals surface area contributed by atoms with Crippen LogP contribution in [-0.2, 0) is 26.2 Å². The highest BCUT2D eigenvalue weighted by molar-refractivity contribution is 7.92. The fourth-order valence-electron chi connectivity index (χ4n) is 4.23. The fourth-order valence-corrected chi connectivity index (χ4v) is 5.98. The van der Waals surface area contributed by atoms with E-state index in [9.17, 15) is 18.0 Å². The molecule has 1 atom stereocenters. The summed E-state index contributed by atoms with van der Waals surface area (Å²) in [7, 11) is -4.12. The van der Waals surface area contributed by atoms with Crippen LogP contribution in [0, 0.1) is 0 Å². The van der Waals surface area contributed by atoms with Crippen LogP contribution in [0.2, 0.25) is 10.0 Å². The molecule has 0 aliphatic heterocycles. The Balaban J connectivity index is 2.01. The summed E-state index contributed by atoms with van der Waals surface area (Å²) in [5, 5.41) is 3.55. The lowest BCUT2D eigenvalue weighted by molar-refractivity contribution is -0.139. The van der Waals surface area contributed by atoms with Gasteiger partial charge in [0.1, 0.15) is 12.6 Å². The summed E-state index contributed by atoms with van der Waals surface area (Å²) in [6.45, 7) is 7.74. The Labute approximate surface area is 253 Å². The van der Waals surface area contributed by atoms with Gasteiger partial charge in [-0.05, 0) is 66.8 Å². The molecule has 0 aliphatic carbocycles. The molecular weight excluding hydrogens is 581 g/mol. The summed E-state index contributed by atoms with van der Waals surface area (Å²) in [5.74, 6) is -0.620. The normalized spacial score (nSPS) is 12.2. The predicted octanol–water partition coefficient (Wildman–Crippen LogP) is 6.65. The van der Waals surface area contributed by atoms with Crippen molar-refractivity contribution >= 4 is 50.7 Å². The number of amides is 2. The van der Waals surface area contributed by atoms with Gasteiger partial charge in [-0.2, -0.15) is 0 Å². The second-order valence-electron chi connectivity index (χ2n) is 10.2. The number of unbranched alkanes of at least 4 members (excludes halogenated alkanes) is 1. The lowest BCUT2D eigenvalue weighted by Gasteiger charge is -2.32. The van der Waals surface area contributed by atoms with Gasteiger partial charge in [-0.3, -0.25) is 13.9 Å². The lowest BCUT2D eigenvalue weighted by Crippen LogP contribution is -2.51. The Morgan fingerprint density at radius 1 is 0.902 bits per heavy atom. The highest BCUT2D eigenvalue weighted by atomic mass is 35.5. The third-order valence-electron chi connectivity index (χ3n) is 6.79. The van der Waals surface area contributed by atoms with Gasteiger partial charge in [-0.1, -0.05) is 86.8 Å². The Kier molecular flexibility index (Phi) is 11.6. The molecule has 10 heteroatoms. The van der Waals surface area contributed by atoms with Crippen molar-refractivity contribution in [3.05, 3.63) is 94.0 Å². The number of rotatable bonds is 13. The van der Waals surface area contributed by atoms with Gasteiger partial charge < -0.3 is 10.2 Å². The van der Waals surface area contributed by atoms with Crippen molar-refractivity contribution in [3.63, 3.8) is 0 Å². The van der Waals surface area contributed by atoms with E-state index < -0.39 is 28.5 Å². The molecule has 0 bridgehead atoms. The molecule has 0 aliphatic rings. The number of sulfonamides is 1. The quantitative estimate of drug-likeness (QED) is 0.218. The number of nitrogens with zero attached hydrogens (tertiary/aromatic N) is 2. The molecule has 0 spiro atoms. The van der Waals surface area contributed by atoms with Crippen LogP contribution in [0.4, 0.5) is 5.69 Å². The van der Waals surface area contributed by atoms with Crippen molar-refractivity contribution in [2.75, 3.05) is 17.4 Å². The van der Waals surface area contributed by atoms with Crippen LogP contribution in [0.15, 0.2) is 77.7 Å². The maximum atomic E-state index is 14.0. The number of halogens is 2. The van der Waals surface area contributed by atoms with Crippen molar-refractivity contribution in [3.8, 4) is 0 Å². The van der Waals surface area contributed by atoms with Crippen LogP contribution in [0.1, 0.15) is 57.6 Å². The number of carbonyl (C=O) groups excluding carboxylic acids is 2. The van der Waals surface area contributed by atoms with Gasteiger partial charge in [0, 0.05) is 13.1 Å². The highest BCUT2D eigenvalue weighted by Gasteiger charge is 2.32. The molecule has 7 nitrogen and oxygen atoms in total. The largest absolute Gasteiger partial charge is 0.354 e. The molecule has 0 heterocycles. The van der Waals surface area contributed by atoms with E-state index in [0.29, 0.717) is 27.8 Å². The zero-order chi connectivity index (χ0) is 30.2. The second kappa shape index (κ2) is 14.7. The molecule has 3 rings (SSSR count). The molecule has 0 fully saturated rings.